The number of alkyl halides is 6. The summed E-state index contributed by atoms with van der Waals surface area (Å²) >= 11 is 0. The summed E-state index contributed by atoms with van der Waals surface area (Å²) in [5.41, 5.74) is -5.79. The third kappa shape index (κ3) is 8.78. The zero-order valence-electron chi connectivity index (χ0n) is 20.9. The van der Waals surface area contributed by atoms with Gasteiger partial charge in [0.2, 0.25) is 0 Å². The van der Waals surface area contributed by atoms with Gasteiger partial charge in [-0.25, -0.2) is 0 Å². The van der Waals surface area contributed by atoms with Gasteiger partial charge in [0.1, 0.15) is 0 Å². The standard InChI is InChI=1S/C13H14F6O.C12H24O2/c1-3-8(2)9-4-6-10(7-5-9)11(20,12(14,15)16)13(17,18)19;1-5-7-8-9-10-14-11(13)12(3,4)6-2/h4-8,20H,3H2,1-2H3;5-10H2,1-4H3. The number of carbonyl (C=O) groups is 1. The largest absolute Gasteiger partial charge is 0.465 e. The number of rotatable bonds is 10. The van der Waals surface area contributed by atoms with Gasteiger partial charge in [0, 0.05) is 5.56 Å². The van der Waals surface area contributed by atoms with Gasteiger partial charge in [-0.05, 0) is 44.6 Å². The lowest BCUT2D eigenvalue weighted by molar-refractivity contribution is -0.376. The molecule has 1 atom stereocenters. The molecule has 0 heterocycles. The Bertz CT molecular complexity index is 710. The van der Waals surface area contributed by atoms with E-state index in [9.17, 15) is 36.2 Å². The van der Waals surface area contributed by atoms with Crippen LogP contribution in [0.25, 0.3) is 0 Å². The molecule has 0 fully saturated rings. The summed E-state index contributed by atoms with van der Waals surface area (Å²) in [6, 6.07) is 3.68. The Morgan fingerprint density at radius 1 is 0.912 bits per heavy atom. The first-order valence-electron chi connectivity index (χ1n) is 11.6. The second-order valence-corrected chi connectivity index (χ2v) is 9.07. The van der Waals surface area contributed by atoms with Crippen LogP contribution in [0.3, 0.4) is 0 Å². The van der Waals surface area contributed by atoms with E-state index in [-0.39, 0.29) is 17.3 Å². The minimum absolute atomic E-state index is 0.00826. The molecule has 0 radical (unpaired) electrons. The molecule has 0 bridgehead atoms. The van der Waals surface area contributed by atoms with Crippen molar-refractivity contribution in [3.63, 3.8) is 0 Å². The zero-order valence-corrected chi connectivity index (χ0v) is 20.9. The van der Waals surface area contributed by atoms with Crippen molar-refractivity contribution in [3.8, 4) is 0 Å². The Kier molecular flexibility index (Phi) is 12.7. The molecule has 34 heavy (non-hydrogen) atoms. The Hall–Kier alpha value is -1.77. The van der Waals surface area contributed by atoms with Crippen LogP contribution in [0.2, 0.25) is 0 Å². The number of hydrogen-bond donors (Lipinski definition) is 1. The molecule has 1 unspecified atom stereocenters. The molecule has 0 spiro atoms. The van der Waals surface area contributed by atoms with Crippen LogP contribution in [-0.2, 0) is 15.1 Å². The predicted molar refractivity (Wildman–Crippen MR) is 120 cm³/mol. The lowest BCUT2D eigenvalue weighted by Crippen LogP contribution is -2.53. The summed E-state index contributed by atoms with van der Waals surface area (Å²) in [7, 11) is 0. The van der Waals surface area contributed by atoms with Gasteiger partial charge in [0.05, 0.1) is 12.0 Å². The highest BCUT2D eigenvalue weighted by Crippen LogP contribution is 2.50. The molecular formula is C25H38F6O3. The van der Waals surface area contributed by atoms with Gasteiger partial charge in [-0.3, -0.25) is 4.79 Å². The molecule has 3 nitrogen and oxygen atoms in total. The van der Waals surface area contributed by atoms with Crippen LogP contribution < -0.4 is 0 Å². The van der Waals surface area contributed by atoms with E-state index in [0.29, 0.717) is 30.7 Å². The van der Waals surface area contributed by atoms with E-state index >= 15 is 0 Å². The van der Waals surface area contributed by atoms with E-state index in [4.69, 9.17) is 4.74 Å². The smallest absolute Gasteiger partial charge is 0.430 e. The van der Waals surface area contributed by atoms with Crippen LogP contribution in [0.4, 0.5) is 26.3 Å². The van der Waals surface area contributed by atoms with Gasteiger partial charge >= 0.3 is 18.3 Å². The van der Waals surface area contributed by atoms with Crippen LogP contribution in [0.1, 0.15) is 97.1 Å². The molecule has 1 N–H and O–H groups in total. The Labute approximate surface area is 198 Å². The van der Waals surface area contributed by atoms with Gasteiger partial charge < -0.3 is 9.84 Å². The number of aliphatic hydroxyl groups is 1. The fourth-order valence-electron chi connectivity index (χ4n) is 2.81. The van der Waals surface area contributed by atoms with Gasteiger partial charge in [-0.2, -0.15) is 26.3 Å². The summed E-state index contributed by atoms with van der Waals surface area (Å²) in [5.74, 6) is -0.0505. The number of ether oxygens (including phenoxy) is 1. The number of halogens is 6. The fourth-order valence-corrected chi connectivity index (χ4v) is 2.81. The van der Waals surface area contributed by atoms with E-state index in [1.54, 1.807) is 6.92 Å². The van der Waals surface area contributed by atoms with E-state index in [1.165, 1.54) is 25.0 Å². The average molecular weight is 501 g/mol. The van der Waals surface area contributed by atoms with E-state index in [2.05, 4.69) is 6.92 Å². The zero-order chi connectivity index (χ0) is 26.8. The molecule has 0 aromatic heterocycles. The SMILES string of the molecule is CCC(C)c1ccc(C(O)(C(F)(F)F)C(F)(F)F)cc1.CCCCCCOC(=O)C(C)(C)CC. The van der Waals surface area contributed by atoms with Gasteiger partial charge in [0.15, 0.2) is 0 Å². The maximum absolute atomic E-state index is 12.6. The van der Waals surface area contributed by atoms with Crippen LogP contribution in [0.15, 0.2) is 24.3 Å². The Balaban J connectivity index is 0.000000686. The van der Waals surface area contributed by atoms with Crippen LogP contribution >= 0.6 is 0 Å². The third-order valence-electron chi connectivity index (χ3n) is 6.00. The summed E-state index contributed by atoms with van der Waals surface area (Å²) in [4.78, 5) is 11.5. The Morgan fingerprint density at radius 2 is 1.41 bits per heavy atom. The molecule has 0 saturated heterocycles. The summed E-state index contributed by atoms with van der Waals surface area (Å²) in [6.07, 6.45) is -5.55. The number of carbonyl (C=O) groups excluding carboxylic acids is 1. The molecule has 0 saturated carbocycles. The topological polar surface area (TPSA) is 46.5 Å². The molecular weight excluding hydrogens is 462 g/mol. The third-order valence-corrected chi connectivity index (χ3v) is 6.00. The van der Waals surface area contributed by atoms with Crippen molar-refractivity contribution in [2.45, 2.75) is 104 Å². The molecule has 0 aliphatic rings. The second kappa shape index (κ2) is 13.4. The monoisotopic (exact) mass is 500 g/mol. The molecule has 1 aromatic rings. The van der Waals surface area contributed by atoms with Crippen LogP contribution in [0.5, 0.6) is 0 Å². The lowest BCUT2D eigenvalue weighted by Gasteiger charge is -2.32. The first kappa shape index (κ1) is 32.2. The number of esters is 1. The quantitative estimate of drug-likeness (QED) is 0.201. The van der Waals surface area contributed by atoms with E-state index < -0.39 is 23.5 Å². The van der Waals surface area contributed by atoms with Gasteiger partial charge in [-0.1, -0.05) is 71.2 Å². The molecule has 0 amide bonds. The van der Waals surface area contributed by atoms with Crippen molar-refractivity contribution < 1.29 is 41.0 Å². The van der Waals surface area contributed by atoms with Crippen molar-refractivity contribution in [3.05, 3.63) is 35.4 Å². The molecule has 0 aliphatic carbocycles. The maximum atomic E-state index is 12.6. The minimum Gasteiger partial charge on any atom is -0.465 e. The lowest BCUT2D eigenvalue weighted by atomic mass is 9.89. The van der Waals surface area contributed by atoms with Crippen molar-refractivity contribution in [2.75, 3.05) is 6.61 Å². The van der Waals surface area contributed by atoms with Crippen molar-refractivity contribution in [1.29, 1.82) is 0 Å². The first-order chi connectivity index (χ1) is 15.5. The Morgan fingerprint density at radius 3 is 1.79 bits per heavy atom. The highest BCUT2D eigenvalue weighted by molar-refractivity contribution is 5.75. The van der Waals surface area contributed by atoms with E-state index in [1.807, 2.05) is 27.7 Å². The van der Waals surface area contributed by atoms with Crippen molar-refractivity contribution in [2.24, 2.45) is 5.41 Å². The maximum Gasteiger partial charge on any atom is 0.430 e. The predicted octanol–water partition coefficient (Wildman–Crippen LogP) is 8.06. The number of unbranched alkanes of at least 4 members (excludes halogenated alkanes) is 3. The summed E-state index contributed by atoms with van der Waals surface area (Å²) < 4.78 is 81.1. The highest BCUT2D eigenvalue weighted by Gasteiger charge is 2.71. The minimum atomic E-state index is -5.84. The fraction of sp³-hybridized carbons (Fsp3) is 0.720. The summed E-state index contributed by atoms with van der Waals surface area (Å²) in [6.45, 7) is 12.3. The van der Waals surface area contributed by atoms with Crippen LogP contribution in [-0.4, -0.2) is 30.0 Å². The molecule has 198 valence electrons. The van der Waals surface area contributed by atoms with Crippen molar-refractivity contribution >= 4 is 5.97 Å². The number of hydrogen-bond acceptors (Lipinski definition) is 3. The highest BCUT2D eigenvalue weighted by atomic mass is 19.4. The average Bonchev–Trinajstić information content (AvgIpc) is 2.76. The molecule has 1 rings (SSSR count). The molecule has 0 aliphatic heterocycles. The summed E-state index contributed by atoms with van der Waals surface area (Å²) in [5, 5.41) is 9.19. The number of benzene rings is 1. The first-order valence-corrected chi connectivity index (χ1v) is 11.6. The van der Waals surface area contributed by atoms with Crippen molar-refractivity contribution in [1.82, 2.24) is 0 Å². The second-order valence-electron chi connectivity index (χ2n) is 9.07. The normalized spacial score (nSPS) is 13.7. The van der Waals surface area contributed by atoms with Crippen LogP contribution in [0, 0.1) is 5.41 Å². The molecule has 1 aromatic carbocycles. The van der Waals surface area contributed by atoms with Gasteiger partial charge in [-0.15, -0.1) is 0 Å². The van der Waals surface area contributed by atoms with Gasteiger partial charge in [0.25, 0.3) is 5.60 Å². The molecule has 9 heteroatoms. The van der Waals surface area contributed by atoms with E-state index in [0.717, 1.165) is 19.3 Å².